The number of ether oxygens (including phenoxy) is 1. The monoisotopic (exact) mass is 191 g/mol. The van der Waals surface area contributed by atoms with Crippen molar-refractivity contribution in [1.29, 1.82) is 0 Å². The number of likely N-dealkylation sites (N-methyl/N-ethyl adjacent to an activating group) is 1. The van der Waals surface area contributed by atoms with Gasteiger partial charge in [0.15, 0.2) is 0 Å². The van der Waals surface area contributed by atoms with Gasteiger partial charge in [-0.2, -0.15) is 0 Å². The summed E-state index contributed by atoms with van der Waals surface area (Å²) in [6, 6.07) is 0. The molecule has 2 atom stereocenters. The fraction of sp³-hybridized carbons (Fsp3) is 1.00. The number of nitrogens with zero attached hydrogens (tertiary/aromatic N) is 1. The summed E-state index contributed by atoms with van der Waals surface area (Å²) in [6.45, 7) is 3.07. The lowest BCUT2D eigenvalue weighted by molar-refractivity contribution is -0.0144. The second-order valence-corrected chi connectivity index (χ2v) is 3.52. The maximum atomic E-state index is 9.36. The quantitative estimate of drug-likeness (QED) is 0.580. The third-order valence-electron chi connectivity index (χ3n) is 1.67. The maximum absolute atomic E-state index is 9.36. The molecule has 0 amide bonds. The largest absolute Gasteiger partial charge is 0.391 e. The maximum Gasteiger partial charge on any atom is 0.0899 e. The van der Waals surface area contributed by atoms with Gasteiger partial charge in [0, 0.05) is 6.54 Å². The Morgan fingerprint density at radius 2 is 1.69 bits per heavy atom. The lowest BCUT2D eigenvalue weighted by atomic mass is 10.3. The van der Waals surface area contributed by atoms with Crippen LogP contribution in [-0.4, -0.2) is 61.2 Å². The van der Waals surface area contributed by atoms with Crippen LogP contribution in [0.15, 0.2) is 0 Å². The number of hydrogen-bond donors (Lipinski definition) is 2. The van der Waals surface area contributed by atoms with Crippen LogP contribution in [0.1, 0.15) is 13.3 Å². The summed E-state index contributed by atoms with van der Waals surface area (Å²) < 4.78 is 5.12. The molecule has 0 saturated heterocycles. The van der Waals surface area contributed by atoms with Crippen molar-refractivity contribution in [3.63, 3.8) is 0 Å². The minimum Gasteiger partial charge on any atom is -0.391 e. The fourth-order valence-corrected chi connectivity index (χ4v) is 0.932. The van der Waals surface area contributed by atoms with E-state index in [1.165, 1.54) is 0 Å². The number of aliphatic hydroxyl groups is 2. The van der Waals surface area contributed by atoms with E-state index in [1.54, 1.807) is 0 Å². The first kappa shape index (κ1) is 12.8. The molecule has 2 N–H and O–H groups in total. The van der Waals surface area contributed by atoms with E-state index in [9.17, 15) is 5.11 Å². The van der Waals surface area contributed by atoms with Gasteiger partial charge in [0.1, 0.15) is 0 Å². The molecule has 0 aliphatic rings. The number of hydrogen-bond acceptors (Lipinski definition) is 4. The molecular weight excluding hydrogens is 170 g/mol. The first-order valence-electron chi connectivity index (χ1n) is 4.64. The third-order valence-corrected chi connectivity index (χ3v) is 1.67. The molecule has 0 aliphatic heterocycles. The van der Waals surface area contributed by atoms with Crippen LogP contribution in [0.25, 0.3) is 0 Å². The SMILES string of the molecule is CCC(O)COCC(O)CN(C)C. The Labute approximate surface area is 80.1 Å². The first-order chi connectivity index (χ1) is 6.06. The summed E-state index contributed by atoms with van der Waals surface area (Å²) >= 11 is 0. The van der Waals surface area contributed by atoms with Gasteiger partial charge in [-0.25, -0.2) is 0 Å². The lowest BCUT2D eigenvalue weighted by Gasteiger charge is -2.16. The lowest BCUT2D eigenvalue weighted by Crippen LogP contribution is -2.30. The van der Waals surface area contributed by atoms with Crippen LogP contribution < -0.4 is 0 Å². The Balaban J connectivity index is 3.31. The van der Waals surface area contributed by atoms with Crippen molar-refractivity contribution < 1.29 is 14.9 Å². The first-order valence-corrected chi connectivity index (χ1v) is 4.64. The van der Waals surface area contributed by atoms with Gasteiger partial charge in [-0.05, 0) is 20.5 Å². The van der Waals surface area contributed by atoms with E-state index >= 15 is 0 Å². The van der Waals surface area contributed by atoms with Crippen molar-refractivity contribution in [3.8, 4) is 0 Å². The molecule has 4 heteroatoms. The minimum absolute atomic E-state index is 0.287. The molecule has 0 aromatic rings. The third kappa shape index (κ3) is 8.18. The van der Waals surface area contributed by atoms with E-state index in [2.05, 4.69) is 0 Å². The summed E-state index contributed by atoms with van der Waals surface area (Å²) in [7, 11) is 3.79. The van der Waals surface area contributed by atoms with Gasteiger partial charge in [0.2, 0.25) is 0 Å². The molecule has 0 rings (SSSR count). The van der Waals surface area contributed by atoms with Crippen LogP contribution in [0.5, 0.6) is 0 Å². The molecule has 0 spiro atoms. The minimum atomic E-state index is -0.473. The number of aliphatic hydroxyl groups excluding tert-OH is 2. The molecular formula is C9H21NO3. The van der Waals surface area contributed by atoms with Crippen LogP contribution >= 0.6 is 0 Å². The zero-order chi connectivity index (χ0) is 10.3. The van der Waals surface area contributed by atoms with Gasteiger partial charge >= 0.3 is 0 Å². The molecule has 0 fully saturated rings. The smallest absolute Gasteiger partial charge is 0.0899 e. The van der Waals surface area contributed by atoms with Crippen molar-refractivity contribution in [2.24, 2.45) is 0 Å². The second kappa shape index (κ2) is 7.26. The predicted molar refractivity (Wildman–Crippen MR) is 51.7 cm³/mol. The summed E-state index contributed by atoms with van der Waals surface area (Å²) in [5.41, 5.74) is 0. The number of rotatable bonds is 7. The van der Waals surface area contributed by atoms with Gasteiger partial charge in [0.05, 0.1) is 25.4 Å². The van der Waals surface area contributed by atoms with Crippen LogP contribution in [0.4, 0.5) is 0 Å². The summed E-state index contributed by atoms with van der Waals surface area (Å²) in [5, 5.41) is 18.5. The second-order valence-electron chi connectivity index (χ2n) is 3.52. The van der Waals surface area contributed by atoms with Crippen molar-refractivity contribution in [1.82, 2.24) is 4.90 Å². The molecule has 0 saturated carbocycles. The van der Waals surface area contributed by atoms with Crippen molar-refractivity contribution in [3.05, 3.63) is 0 Å². The Hall–Kier alpha value is -0.160. The van der Waals surface area contributed by atoms with Gasteiger partial charge in [-0.15, -0.1) is 0 Å². The van der Waals surface area contributed by atoms with E-state index in [0.717, 1.165) is 0 Å². The van der Waals surface area contributed by atoms with E-state index < -0.39 is 12.2 Å². The van der Waals surface area contributed by atoms with E-state index in [1.807, 2.05) is 25.9 Å². The van der Waals surface area contributed by atoms with Gasteiger partial charge in [-0.1, -0.05) is 6.92 Å². The van der Waals surface area contributed by atoms with Crippen molar-refractivity contribution >= 4 is 0 Å². The fourth-order valence-electron chi connectivity index (χ4n) is 0.932. The predicted octanol–water partition coefficient (Wildman–Crippen LogP) is -0.304. The Bertz CT molecular complexity index is 119. The Kier molecular flexibility index (Phi) is 7.17. The average Bonchev–Trinajstić information content (AvgIpc) is 2.02. The summed E-state index contributed by atoms with van der Waals surface area (Å²) in [5.74, 6) is 0. The highest BCUT2D eigenvalue weighted by atomic mass is 16.5. The van der Waals surface area contributed by atoms with E-state index in [4.69, 9.17) is 9.84 Å². The Morgan fingerprint density at radius 3 is 2.15 bits per heavy atom. The molecule has 0 heterocycles. The molecule has 0 radical (unpaired) electrons. The zero-order valence-corrected chi connectivity index (χ0v) is 8.73. The molecule has 80 valence electrons. The van der Waals surface area contributed by atoms with Crippen LogP contribution in [0, 0.1) is 0 Å². The average molecular weight is 191 g/mol. The Morgan fingerprint density at radius 1 is 1.15 bits per heavy atom. The highest BCUT2D eigenvalue weighted by Crippen LogP contribution is 1.93. The summed E-state index contributed by atoms with van der Waals surface area (Å²) in [6.07, 6.45) is -0.199. The normalized spacial score (nSPS) is 16.2. The van der Waals surface area contributed by atoms with E-state index in [-0.39, 0.29) is 6.61 Å². The molecule has 4 nitrogen and oxygen atoms in total. The van der Waals surface area contributed by atoms with Gasteiger partial charge in [-0.3, -0.25) is 0 Å². The van der Waals surface area contributed by atoms with Crippen LogP contribution in [0.3, 0.4) is 0 Å². The molecule has 0 aromatic carbocycles. The molecule has 13 heavy (non-hydrogen) atoms. The molecule has 0 aliphatic carbocycles. The van der Waals surface area contributed by atoms with E-state index in [0.29, 0.717) is 19.6 Å². The van der Waals surface area contributed by atoms with Gasteiger partial charge < -0.3 is 19.8 Å². The highest BCUT2D eigenvalue weighted by molar-refractivity contribution is 4.58. The zero-order valence-electron chi connectivity index (χ0n) is 8.73. The highest BCUT2D eigenvalue weighted by Gasteiger charge is 2.07. The van der Waals surface area contributed by atoms with Crippen LogP contribution in [-0.2, 0) is 4.74 Å². The summed E-state index contributed by atoms with van der Waals surface area (Å²) in [4.78, 5) is 1.89. The standard InChI is InChI=1S/C9H21NO3/c1-4-8(11)6-13-7-9(12)5-10(2)3/h8-9,11-12H,4-7H2,1-3H3. The topological polar surface area (TPSA) is 52.9 Å². The molecule has 0 bridgehead atoms. The molecule has 2 unspecified atom stereocenters. The molecule has 0 aromatic heterocycles. The van der Waals surface area contributed by atoms with Crippen molar-refractivity contribution in [2.75, 3.05) is 33.9 Å². The van der Waals surface area contributed by atoms with Gasteiger partial charge in [0.25, 0.3) is 0 Å². The van der Waals surface area contributed by atoms with Crippen LogP contribution in [0.2, 0.25) is 0 Å². The van der Waals surface area contributed by atoms with Crippen molar-refractivity contribution in [2.45, 2.75) is 25.6 Å².